The van der Waals surface area contributed by atoms with Gasteiger partial charge in [0.2, 0.25) is 0 Å². The van der Waals surface area contributed by atoms with Crippen molar-refractivity contribution in [3.8, 4) is 0 Å². The van der Waals surface area contributed by atoms with Gasteiger partial charge in [-0.25, -0.2) is 0 Å². The van der Waals surface area contributed by atoms with Gasteiger partial charge < -0.3 is 5.32 Å². The van der Waals surface area contributed by atoms with Gasteiger partial charge in [-0.3, -0.25) is 0 Å². The minimum Gasteiger partial charge on any atom is -0.378 e. The fourth-order valence-electron chi connectivity index (χ4n) is 1.91. The summed E-state index contributed by atoms with van der Waals surface area (Å²) < 4.78 is 39.4. The maximum atomic E-state index is 12.8. The highest BCUT2D eigenvalue weighted by Crippen LogP contribution is 2.37. The zero-order valence-electron chi connectivity index (χ0n) is 11.2. The van der Waals surface area contributed by atoms with Crippen molar-refractivity contribution in [2.45, 2.75) is 26.1 Å². The molecule has 1 aromatic heterocycles. The van der Waals surface area contributed by atoms with Gasteiger partial charge in [0.15, 0.2) is 0 Å². The van der Waals surface area contributed by atoms with Crippen LogP contribution in [0.1, 0.15) is 29.7 Å². The summed E-state index contributed by atoms with van der Waals surface area (Å²) in [5, 5.41) is 3.06. The van der Waals surface area contributed by atoms with Crippen LogP contribution in [0.25, 0.3) is 0 Å². The molecule has 1 atom stereocenters. The molecule has 1 nitrogen and oxygen atoms in total. The molecule has 7 heteroatoms. The third-order valence-electron chi connectivity index (χ3n) is 3.09. The molecule has 0 saturated heterocycles. The zero-order chi connectivity index (χ0) is 15.8. The van der Waals surface area contributed by atoms with E-state index >= 15 is 0 Å². The van der Waals surface area contributed by atoms with Crippen LogP contribution in [0, 0.1) is 6.92 Å². The first kappa shape index (κ1) is 16.5. The summed E-state index contributed by atoms with van der Waals surface area (Å²) in [6.45, 7) is 3.57. The molecule has 0 bridgehead atoms. The second-order valence-electron chi connectivity index (χ2n) is 4.67. The molecular formula is C14H12Cl2F3NS. The van der Waals surface area contributed by atoms with Gasteiger partial charge >= 0.3 is 6.18 Å². The SMILES string of the molecule is Cc1ccc(C(F)(F)F)cc1NC(C)c1cc(Cl)sc1Cl. The van der Waals surface area contributed by atoms with Gasteiger partial charge in [0.25, 0.3) is 0 Å². The van der Waals surface area contributed by atoms with Crippen molar-refractivity contribution in [1.82, 2.24) is 0 Å². The molecule has 21 heavy (non-hydrogen) atoms. The number of anilines is 1. The number of rotatable bonds is 3. The van der Waals surface area contributed by atoms with Crippen LogP contribution in [-0.2, 0) is 6.18 Å². The number of thiophene rings is 1. The lowest BCUT2D eigenvalue weighted by atomic mass is 10.1. The molecule has 0 aliphatic carbocycles. The molecule has 2 aromatic rings. The predicted molar refractivity (Wildman–Crippen MR) is 82.6 cm³/mol. The summed E-state index contributed by atoms with van der Waals surface area (Å²) in [5.41, 5.74) is 1.24. The van der Waals surface area contributed by atoms with E-state index in [4.69, 9.17) is 23.2 Å². The van der Waals surface area contributed by atoms with Gasteiger partial charge in [0, 0.05) is 11.3 Å². The maximum absolute atomic E-state index is 12.8. The van der Waals surface area contributed by atoms with Crippen LogP contribution in [-0.4, -0.2) is 0 Å². The monoisotopic (exact) mass is 353 g/mol. The Bertz CT molecular complexity index is 652. The van der Waals surface area contributed by atoms with Crippen molar-refractivity contribution in [3.63, 3.8) is 0 Å². The molecule has 0 saturated carbocycles. The Kier molecular flexibility index (Phi) is 4.76. The fourth-order valence-corrected chi connectivity index (χ4v) is 3.56. The van der Waals surface area contributed by atoms with E-state index in [1.807, 2.05) is 6.92 Å². The molecule has 0 aliphatic rings. The van der Waals surface area contributed by atoms with Crippen molar-refractivity contribution < 1.29 is 13.2 Å². The smallest absolute Gasteiger partial charge is 0.378 e. The summed E-state index contributed by atoms with van der Waals surface area (Å²) in [6, 6.07) is 5.09. The van der Waals surface area contributed by atoms with Crippen molar-refractivity contribution in [2.75, 3.05) is 5.32 Å². The lowest BCUT2D eigenvalue weighted by Gasteiger charge is -2.18. The summed E-state index contributed by atoms with van der Waals surface area (Å²) in [5.74, 6) is 0. The van der Waals surface area contributed by atoms with Crippen molar-refractivity contribution in [2.24, 2.45) is 0 Å². The Morgan fingerprint density at radius 3 is 2.38 bits per heavy atom. The van der Waals surface area contributed by atoms with E-state index in [0.29, 0.717) is 14.4 Å². The summed E-state index contributed by atoms with van der Waals surface area (Å²) in [7, 11) is 0. The van der Waals surface area contributed by atoms with Crippen LogP contribution in [0.15, 0.2) is 24.3 Å². The molecule has 0 radical (unpaired) electrons. The normalized spacial score (nSPS) is 13.3. The first-order chi connectivity index (χ1) is 9.68. The van der Waals surface area contributed by atoms with E-state index in [1.54, 1.807) is 13.0 Å². The van der Waals surface area contributed by atoms with Crippen LogP contribution < -0.4 is 5.32 Å². The number of hydrogen-bond acceptors (Lipinski definition) is 2. The number of benzene rings is 1. The fraction of sp³-hybridized carbons (Fsp3) is 0.286. The summed E-state index contributed by atoms with van der Waals surface area (Å²) >= 11 is 13.2. The molecule has 114 valence electrons. The molecular weight excluding hydrogens is 342 g/mol. The third-order valence-corrected chi connectivity index (χ3v) is 4.60. The molecule has 1 heterocycles. The van der Waals surface area contributed by atoms with Crippen molar-refractivity contribution in [3.05, 3.63) is 49.6 Å². The van der Waals surface area contributed by atoms with E-state index < -0.39 is 11.7 Å². The number of nitrogens with one attached hydrogen (secondary N) is 1. The molecule has 1 N–H and O–H groups in total. The highest BCUT2D eigenvalue weighted by Gasteiger charge is 2.31. The summed E-state index contributed by atoms with van der Waals surface area (Å²) in [4.78, 5) is 0. The highest BCUT2D eigenvalue weighted by atomic mass is 35.5. The second-order valence-corrected chi connectivity index (χ2v) is 6.96. The van der Waals surface area contributed by atoms with Crippen LogP contribution >= 0.6 is 34.5 Å². The Hall–Kier alpha value is -0.910. The molecule has 0 amide bonds. The van der Waals surface area contributed by atoms with E-state index in [0.717, 1.165) is 23.3 Å². The Morgan fingerprint density at radius 2 is 1.86 bits per heavy atom. The van der Waals surface area contributed by atoms with Crippen molar-refractivity contribution in [1.29, 1.82) is 0 Å². The van der Waals surface area contributed by atoms with E-state index in [-0.39, 0.29) is 6.04 Å². The molecule has 2 rings (SSSR count). The second kappa shape index (κ2) is 6.07. The van der Waals surface area contributed by atoms with Crippen molar-refractivity contribution >= 4 is 40.2 Å². The Balaban J connectivity index is 2.28. The van der Waals surface area contributed by atoms with Crippen LogP contribution in [0.4, 0.5) is 18.9 Å². The largest absolute Gasteiger partial charge is 0.416 e. The number of aryl methyl sites for hydroxylation is 1. The quantitative estimate of drug-likeness (QED) is 0.659. The van der Waals surface area contributed by atoms with Gasteiger partial charge in [-0.05, 0) is 37.6 Å². The van der Waals surface area contributed by atoms with Crippen LogP contribution in [0.3, 0.4) is 0 Å². The number of hydrogen-bond donors (Lipinski definition) is 1. The molecule has 1 unspecified atom stereocenters. The predicted octanol–water partition coefficient (Wildman–Crippen LogP) is 6.56. The van der Waals surface area contributed by atoms with Gasteiger partial charge in [-0.15, -0.1) is 11.3 Å². The molecule has 0 aliphatic heterocycles. The first-order valence-corrected chi connectivity index (χ1v) is 7.65. The minimum atomic E-state index is -4.36. The highest BCUT2D eigenvalue weighted by molar-refractivity contribution is 7.20. The molecule has 0 fully saturated rings. The summed E-state index contributed by atoms with van der Waals surface area (Å²) in [6.07, 6.45) is -4.36. The molecule has 0 spiro atoms. The zero-order valence-corrected chi connectivity index (χ0v) is 13.5. The van der Waals surface area contributed by atoms with Gasteiger partial charge in [0.1, 0.15) is 0 Å². The van der Waals surface area contributed by atoms with Crippen LogP contribution in [0.5, 0.6) is 0 Å². The Labute approximate surface area is 134 Å². The van der Waals surface area contributed by atoms with E-state index in [1.165, 1.54) is 17.4 Å². The average molecular weight is 354 g/mol. The topological polar surface area (TPSA) is 12.0 Å². The first-order valence-electron chi connectivity index (χ1n) is 6.07. The van der Waals surface area contributed by atoms with Gasteiger partial charge in [-0.2, -0.15) is 13.2 Å². The number of halogens is 5. The van der Waals surface area contributed by atoms with E-state index in [9.17, 15) is 13.2 Å². The standard InChI is InChI=1S/C14H12Cl2F3NS/c1-7-3-4-9(14(17,18)19)5-11(7)20-8(2)10-6-12(15)21-13(10)16/h3-6,8,20H,1-2H3. The van der Waals surface area contributed by atoms with Gasteiger partial charge in [0.05, 0.1) is 20.3 Å². The lowest BCUT2D eigenvalue weighted by molar-refractivity contribution is -0.137. The number of alkyl halides is 3. The lowest BCUT2D eigenvalue weighted by Crippen LogP contribution is -2.10. The Morgan fingerprint density at radius 1 is 1.19 bits per heavy atom. The molecule has 1 aromatic carbocycles. The minimum absolute atomic E-state index is 0.247. The average Bonchev–Trinajstić information content (AvgIpc) is 2.70. The van der Waals surface area contributed by atoms with Gasteiger partial charge in [-0.1, -0.05) is 29.3 Å². The van der Waals surface area contributed by atoms with E-state index in [2.05, 4.69) is 5.32 Å². The maximum Gasteiger partial charge on any atom is 0.416 e. The third kappa shape index (κ3) is 3.84. The van der Waals surface area contributed by atoms with Crippen LogP contribution in [0.2, 0.25) is 8.67 Å².